The Hall–Kier alpha value is -0.610. The van der Waals surface area contributed by atoms with Crippen molar-refractivity contribution in [2.75, 3.05) is 13.2 Å². The van der Waals surface area contributed by atoms with Crippen molar-refractivity contribution >= 4 is 5.91 Å². The number of aliphatic hydroxyl groups is 1. The van der Waals surface area contributed by atoms with Crippen molar-refractivity contribution in [3.05, 3.63) is 0 Å². The number of hydrogen-bond donors (Lipinski definition) is 1. The van der Waals surface area contributed by atoms with E-state index in [0.717, 1.165) is 19.4 Å². The molecule has 0 aromatic carbocycles. The predicted molar refractivity (Wildman–Crippen MR) is 41.3 cm³/mol. The first-order valence-electron chi connectivity index (χ1n) is 4.29. The van der Waals surface area contributed by atoms with Crippen LogP contribution in [0.1, 0.15) is 19.8 Å². The monoisotopic (exact) mass is 171 g/mol. The summed E-state index contributed by atoms with van der Waals surface area (Å²) in [5.41, 5.74) is 0. The molecule has 0 aromatic rings. The Bertz CT molecular complexity index is 214. The molecule has 12 heavy (non-hydrogen) atoms. The van der Waals surface area contributed by atoms with Gasteiger partial charge in [0.25, 0.3) is 5.91 Å². The van der Waals surface area contributed by atoms with Crippen molar-refractivity contribution in [2.45, 2.75) is 31.6 Å². The van der Waals surface area contributed by atoms with Crippen LogP contribution >= 0.6 is 0 Å². The first-order chi connectivity index (χ1) is 5.61. The second-order valence-corrected chi connectivity index (χ2v) is 3.59. The Morgan fingerprint density at radius 1 is 1.75 bits per heavy atom. The molecule has 0 aromatic heterocycles. The van der Waals surface area contributed by atoms with Crippen LogP contribution in [0.25, 0.3) is 0 Å². The molecule has 1 N–H and O–H groups in total. The average molecular weight is 171 g/mol. The van der Waals surface area contributed by atoms with Crippen LogP contribution in [0.5, 0.6) is 0 Å². The van der Waals surface area contributed by atoms with Gasteiger partial charge >= 0.3 is 0 Å². The summed E-state index contributed by atoms with van der Waals surface area (Å²) in [6.45, 7) is 2.64. The molecule has 2 aliphatic heterocycles. The summed E-state index contributed by atoms with van der Waals surface area (Å²) < 4.78 is 5.06. The van der Waals surface area contributed by atoms with Gasteiger partial charge in [-0.15, -0.1) is 0 Å². The summed E-state index contributed by atoms with van der Waals surface area (Å²) in [6, 6.07) is 0.206. The molecule has 0 bridgehead atoms. The van der Waals surface area contributed by atoms with Crippen molar-refractivity contribution in [1.82, 2.24) is 4.90 Å². The number of nitrogens with zero attached hydrogens (tertiary/aromatic N) is 1. The molecule has 2 atom stereocenters. The van der Waals surface area contributed by atoms with Gasteiger partial charge in [0.1, 0.15) is 0 Å². The Kier molecular flexibility index (Phi) is 1.63. The van der Waals surface area contributed by atoms with E-state index in [1.807, 2.05) is 0 Å². The Morgan fingerprint density at radius 2 is 2.50 bits per heavy atom. The molecular weight excluding hydrogens is 158 g/mol. The second kappa shape index (κ2) is 2.44. The quantitative estimate of drug-likeness (QED) is 0.545. The predicted octanol–water partition coefficient (Wildman–Crippen LogP) is -0.284. The van der Waals surface area contributed by atoms with Gasteiger partial charge in [0, 0.05) is 6.54 Å². The van der Waals surface area contributed by atoms with Crippen molar-refractivity contribution < 1.29 is 14.6 Å². The van der Waals surface area contributed by atoms with Gasteiger partial charge in [-0.2, -0.15) is 0 Å². The molecule has 0 aliphatic carbocycles. The summed E-state index contributed by atoms with van der Waals surface area (Å²) in [4.78, 5) is 13.2. The number of hydrogen-bond acceptors (Lipinski definition) is 3. The molecule has 0 radical (unpaired) electrons. The molecule has 2 saturated heterocycles. The number of fused-ring (bicyclic) bond motifs is 1. The normalized spacial score (nSPS) is 41.7. The zero-order valence-electron chi connectivity index (χ0n) is 7.12. The number of morpholine rings is 1. The lowest BCUT2D eigenvalue weighted by Gasteiger charge is -2.37. The van der Waals surface area contributed by atoms with Gasteiger partial charge in [0.05, 0.1) is 12.6 Å². The van der Waals surface area contributed by atoms with Gasteiger partial charge in [0.15, 0.2) is 0 Å². The molecule has 2 fully saturated rings. The van der Waals surface area contributed by atoms with Gasteiger partial charge in [-0.1, -0.05) is 0 Å². The van der Waals surface area contributed by atoms with Crippen molar-refractivity contribution in [3.8, 4) is 0 Å². The summed E-state index contributed by atoms with van der Waals surface area (Å²) in [5.74, 6) is -1.86. The molecule has 2 aliphatic rings. The third-order valence-corrected chi connectivity index (χ3v) is 2.59. The van der Waals surface area contributed by atoms with E-state index in [9.17, 15) is 9.90 Å². The molecule has 1 amide bonds. The molecule has 4 nitrogen and oxygen atoms in total. The van der Waals surface area contributed by atoms with E-state index in [1.165, 1.54) is 6.92 Å². The van der Waals surface area contributed by atoms with E-state index >= 15 is 0 Å². The van der Waals surface area contributed by atoms with Gasteiger partial charge < -0.3 is 14.7 Å². The van der Waals surface area contributed by atoms with Crippen LogP contribution < -0.4 is 0 Å². The highest BCUT2D eigenvalue weighted by atomic mass is 16.6. The first kappa shape index (κ1) is 8.01. The number of rotatable bonds is 0. The van der Waals surface area contributed by atoms with Gasteiger partial charge in [0.2, 0.25) is 5.79 Å². The largest absolute Gasteiger partial charge is 0.358 e. The lowest BCUT2D eigenvalue weighted by atomic mass is 10.1. The molecular formula is C8H13NO3. The van der Waals surface area contributed by atoms with Crippen molar-refractivity contribution in [1.29, 1.82) is 0 Å². The number of carbonyl (C=O) groups excluding carboxylic acids is 1. The van der Waals surface area contributed by atoms with Gasteiger partial charge in [-0.25, -0.2) is 0 Å². The van der Waals surface area contributed by atoms with E-state index in [1.54, 1.807) is 4.90 Å². The van der Waals surface area contributed by atoms with E-state index in [-0.39, 0.29) is 11.9 Å². The molecule has 2 unspecified atom stereocenters. The van der Waals surface area contributed by atoms with Crippen molar-refractivity contribution in [3.63, 3.8) is 0 Å². The minimum Gasteiger partial charge on any atom is -0.358 e. The van der Waals surface area contributed by atoms with Crippen LogP contribution in [-0.2, 0) is 9.53 Å². The molecule has 68 valence electrons. The maximum absolute atomic E-state index is 11.5. The average Bonchev–Trinajstić information content (AvgIpc) is 2.45. The maximum atomic E-state index is 11.5. The summed E-state index contributed by atoms with van der Waals surface area (Å²) >= 11 is 0. The van der Waals surface area contributed by atoms with Crippen LogP contribution in [0.3, 0.4) is 0 Å². The highest BCUT2D eigenvalue weighted by molar-refractivity contribution is 5.84. The standard InChI is InChI=1S/C8H13NO3/c1-8(11)7(10)9-4-2-3-6(9)5-12-8/h6,11H,2-5H2,1H3. The van der Waals surface area contributed by atoms with Gasteiger partial charge in [-0.3, -0.25) is 4.79 Å². The van der Waals surface area contributed by atoms with E-state index in [4.69, 9.17) is 4.74 Å². The Morgan fingerprint density at radius 3 is 3.25 bits per heavy atom. The fraction of sp³-hybridized carbons (Fsp3) is 0.875. The van der Waals surface area contributed by atoms with E-state index in [0.29, 0.717) is 6.61 Å². The highest BCUT2D eigenvalue weighted by Crippen LogP contribution is 2.27. The lowest BCUT2D eigenvalue weighted by Crippen LogP contribution is -2.57. The van der Waals surface area contributed by atoms with Crippen LogP contribution in [0, 0.1) is 0 Å². The number of amides is 1. The highest BCUT2D eigenvalue weighted by Gasteiger charge is 2.45. The second-order valence-electron chi connectivity index (χ2n) is 3.59. The molecule has 0 saturated carbocycles. The smallest absolute Gasteiger partial charge is 0.282 e. The molecule has 0 spiro atoms. The van der Waals surface area contributed by atoms with Crippen LogP contribution in [0.2, 0.25) is 0 Å². The Balaban J connectivity index is 2.19. The minimum absolute atomic E-state index is 0.206. The summed E-state index contributed by atoms with van der Waals surface area (Å²) in [7, 11) is 0. The number of carbonyl (C=O) groups is 1. The van der Waals surface area contributed by atoms with E-state index in [2.05, 4.69) is 0 Å². The van der Waals surface area contributed by atoms with Crippen LogP contribution in [0.4, 0.5) is 0 Å². The lowest BCUT2D eigenvalue weighted by molar-refractivity contribution is -0.230. The minimum atomic E-state index is -1.58. The summed E-state index contributed by atoms with van der Waals surface area (Å²) in [6.07, 6.45) is 2.03. The third-order valence-electron chi connectivity index (χ3n) is 2.59. The fourth-order valence-corrected chi connectivity index (χ4v) is 1.86. The molecule has 2 heterocycles. The third kappa shape index (κ3) is 1.03. The van der Waals surface area contributed by atoms with Crippen LogP contribution in [0.15, 0.2) is 0 Å². The Labute approximate surface area is 71.1 Å². The maximum Gasteiger partial charge on any atom is 0.282 e. The summed E-state index contributed by atoms with van der Waals surface area (Å²) in [5, 5.41) is 9.48. The topological polar surface area (TPSA) is 49.8 Å². The SMILES string of the molecule is CC1(O)OCC2CCCN2C1=O. The zero-order chi connectivity index (χ0) is 8.77. The first-order valence-corrected chi connectivity index (χ1v) is 4.29. The van der Waals surface area contributed by atoms with Crippen molar-refractivity contribution in [2.24, 2.45) is 0 Å². The van der Waals surface area contributed by atoms with E-state index < -0.39 is 5.79 Å². The zero-order valence-corrected chi connectivity index (χ0v) is 7.12. The fourth-order valence-electron chi connectivity index (χ4n) is 1.86. The van der Waals surface area contributed by atoms with Crippen LogP contribution in [-0.4, -0.2) is 40.9 Å². The van der Waals surface area contributed by atoms with Gasteiger partial charge in [-0.05, 0) is 19.8 Å². The molecule has 2 rings (SSSR count). The molecule has 4 heteroatoms. The number of ether oxygens (including phenoxy) is 1.